The van der Waals surface area contributed by atoms with Crippen LogP contribution in [0.4, 0.5) is 0 Å². The molecule has 6 nitrogen and oxygen atoms in total. The molecule has 0 bridgehead atoms. The number of rotatable bonds is 6. The first-order chi connectivity index (χ1) is 11.8. The van der Waals surface area contributed by atoms with Crippen molar-refractivity contribution >= 4 is 23.4 Å². The molecule has 0 aromatic heterocycles. The maximum absolute atomic E-state index is 12.4. The van der Waals surface area contributed by atoms with Crippen molar-refractivity contribution in [3.05, 3.63) is 34.9 Å². The van der Waals surface area contributed by atoms with Gasteiger partial charge in [0.2, 0.25) is 11.8 Å². The second-order valence-electron chi connectivity index (χ2n) is 6.74. The van der Waals surface area contributed by atoms with Gasteiger partial charge in [0, 0.05) is 18.2 Å². The van der Waals surface area contributed by atoms with Crippen LogP contribution in [0.15, 0.2) is 24.3 Å². The summed E-state index contributed by atoms with van der Waals surface area (Å²) in [6.45, 7) is 4.75. The van der Waals surface area contributed by atoms with Gasteiger partial charge in [-0.3, -0.25) is 9.59 Å². The first-order valence-corrected chi connectivity index (χ1v) is 8.90. The molecule has 1 atom stereocenters. The molecule has 0 radical (unpaired) electrons. The van der Waals surface area contributed by atoms with Crippen molar-refractivity contribution in [3.63, 3.8) is 0 Å². The average Bonchev–Trinajstić information content (AvgIpc) is 2.60. The highest BCUT2D eigenvalue weighted by Crippen LogP contribution is 2.32. The maximum Gasteiger partial charge on any atom is 0.240 e. The Morgan fingerprint density at radius 1 is 1.24 bits per heavy atom. The average molecular weight is 368 g/mol. The SMILES string of the molecule is CC(C)[C@H](N)C(=O)NCC(=O)NC1(c2ccc(Cl)cc2)CCOCC1. The predicted octanol–water partition coefficient (Wildman–Crippen LogP) is 1.56. The third-order valence-electron chi connectivity index (χ3n) is 4.57. The van der Waals surface area contributed by atoms with Gasteiger partial charge in [0.05, 0.1) is 18.1 Å². The number of benzene rings is 1. The van der Waals surface area contributed by atoms with Crippen LogP contribution in [0, 0.1) is 5.92 Å². The third-order valence-corrected chi connectivity index (χ3v) is 4.82. The van der Waals surface area contributed by atoms with Crippen molar-refractivity contribution in [1.82, 2.24) is 10.6 Å². The zero-order valence-corrected chi connectivity index (χ0v) is 15.4. The normalized spacial score (nSPS) is 17.8. The van der Waals surface area contributed by atoms with Gasteiger partial charge in [0.1, 0.15) is 0 Å². The molecule has 0 unspecified atom stereocenters. The fourth-order valence-corrected chi connectivity index (χ4v) is 3.00. The zero-order valence-electron chi connectivity index (χ0n) is 14.7. The molecule has 1 aromatic carbocycles. The Labute approximate surface area is 153 Å². The van der Waals surface area contributed by atoms with Gasteiger partial charge in [0.25, 0.3) is 0 Å². The molecule has 138 valence electrons. The van der Waals surface area contributed by atoms with Crippen LogP contribution < -0.4 is 16.4 Å². The first-order valence-electron chi connectivity index (χ1n) is 8.52. The smallest absolute Gasteiger partial charge is 0.240 e. The molecule has 1 aromatic rings. The van der Waals surface area contributed by atoms with Crippen molar-refractivity contribution in [1.29, 1.82) is 0 Å². The van der Waals surface area contributed by atoms with Crippen molar-refractivity contribution in [2.75, 3.05) is 19.8 Å². The number of nitrogens with one attached hydrogen (secondary N) is 2. The van der Waals surface area contributed by atoms with E-state index < -0.39 is 11.6 Å². The van der Waals surface area contributed by atoms with E-state index in [0.717, 1.165) is 5.56 Å². The van der Waals surface area contributed by atoms with E-state index >= 15 is 0 Å². The summed E-state index contributed by atoms with van der Waals surface area (Å²) >= 11 is 5.97. The number of amides is 2. The lowest BCUT2D eigenvalue weighted by Gasteiger charge is -2.38. The van der Waals surface area contributed by atoms with E-state index in [1.54, 1.807) is 0 Å². The lowest BCUT2D eigenvalue weighted by atomic mass is 9.82. The second kappa shape index (κ2) is 8.65. The monoisotopic (exact) mass is 367 g/mol. The van der Waals surface area contributed by atoms with Gasteiger partial charge in [0.15, 0.2) is 0 Å². The van der Waals surface area contributed by atoms with Crippen molar-refractivity contribution in [2.45, 2.75) is 38.3 Å². The number of ether oxygens (including phenoxy) is 1. The lowest BCUT2D eigenvalue weighted by molar-refractivity contribution is -0.129. The number of carbonyl (C=O) groups is 2. The highest BCUT2D eigenvalue weighted by atomic mass is 35.5. The van der Waals surface area contributed by atoms with Gasteiger partial charge in [-0.2, -0.15) is 0 Å². The number of halogens is 1. The quantitative estimate of drug-likeness (QED) is 0.711. The second-order valence-corrected chi connectivity index (χ2v) is 7.17. The number of hydrogen-bond donors (Lipinski definition) is 3. The molecular formula is C18H26ClN3O3. The summed E-state index contributed by atoms with van der Waals surface area (Å²) in [5.41, 5.74) is 6.26. The molecule has 1 fully saturated rings. The topological polar surface area (TPSA) is 93.5 Å². The standard InChI is InChI=1S/C18H26ClN3O3/c1-12(2)16(20)17(24)21-11-15(23)22-18(7-9-25-10-8-18)13-3-5-14(19)6-4-13/h3-6,12,16H,7-11,20H2,1-2H3,(H,21,24)(H,22,23)/t16-/m0/s1. The minimum absolute atomic E-state index is 0.0129. The van der Waals surface area contributed by atoms with Crippen LogP contribution in [0.1, 0.15) is 32.3 Å². The van der Waals surface area contributed by atoms with E-state index in [9.17, 15) is 9.59 Å². The Bertz CT molecular complexity index is 598. The van der Waals surface area contributed by atoms with Crippen LogP contribution in [0.2, 0.25) is 5.02 Å². The van der Waals surface area contributed by atoms with Crippen molar-refractivity contribution in [3.8, 4) is 0 Å². The molecule has 7 heteroatoms. The summed E-state index contributed by atoms with van der Waals surface area (Å²) in [4.78, 5) is 24.3. The van der Waals surface area contributed by atoms with Crippen LogP contribution >= 0.6 is 11.6 Å². The van der Waals surface area contributed by atoms with Gasteiger partial charge in [-0.25, -0.2) is 0 Å². The van der Waals surface area contributed by atoms with Crippen molar-refractivity contribution < 1.29 is 14.3 Å². The molecule has 2 rings (SSSR count). The minimum Gasteiger partial charge on any atom is -0.381 e. The van der Waals surface area contributed by atoms with Gasteiger partial charge in [-0.15, -0.1) is 0 Å². The van der Waals surface area contributed by atoms with E-state index in [1.807, 2.05) is 38.1 Å². The lowest BCUT2D eigenvalue weighted by Crippen LogP contribution is -2.53. The van der Waals surface area contributed by atoms with Crippen LogP contribution in [0.5, 0.6) is 0 Å². The highest BCUT2D eigenvalue weighted by molar-refractivity contribution is 6.30. The van der Waals surface area contributed by atoms with Crippen LogP contribution in [0.3, 0.4) is 0 Å². The van der Waals surface area contributed by atoms with Gasteiger partial charge in [-0.1, -0.05) is 37.6 Å². The molecule has 4 N–H and O–H groups in total. The number of hydrogen-bond acceptors (Lipinski definition) is 4. The van der Waals surface area contributed by atoms with Gasteiger partial charge in [-0.05, 0) is 36.5 Å². The van der Waals surface area contributed by atoms with Crippen molar-refractivity contribution in [2.24, 2.45) is 11.7 Å². The fraction of sp³-hybridized carbons (Fsp3) is 0.556. The van der Waals surface area contributed by atoms with Gasteiger partial charge >= 0.3 is 0 Å². The Morgan fingerprint density at radius 2 is 1.84 bits per heavy atom. The minimum atomic E-state index is -0.624. The summed E-state index contributed by atoms with van der Waals surface area (Å²) in [5, 5.41) is 6.32. The molecule has 1 aliphatic heterocycles. The molecule has 25 heavy (non-hydrogen) atoms. The zero-order chi connectivity index (χ0) is 18.4. The molecule has 0 spiro atoms. The largest absolute Gasteiger partial charge is 0.381 e. The van der Waals surface area contributed by atoms with E-state index in [0.29, 0.717) is 31.1 Å². The third kappa shape index (κ3) is 5.17. The van der Waals surface area contributed by atoms with Crippen LogP contribution in [0.25, 0.3) is 0 Å². The Hall–Kier alpha value is -1.63. The van der Waals surface area contributed by atoms with E-state index in [4.69, 9.17) is 22.1 Å². The summed E-state index contributed by atoms with van der Waals surface area (Å²) in [5.74, 6) is -0.558. The highest BCUT2D eigenvalue weighted by Gasteiger charge is 2.36. The summed E-state index contributed by atoms with van der Waals surface area (Å²) in [6.07, 6.45) is 1.33. The predicted molar refractivity (Wildman–Crippen MR) is 97.1 cm³/mol. The summed E-state index contributed by atoms with van der Waals surface area (Å²) in [7, 11) is 0. The summed E-state index contributed by atoms with van der Waals surface area (Å²) in [6, 6.07) is 6.83. The van der Waals surface area contributed by atoms with Crippen LogP contribution in [-0.2, 0) is 19.9 Å². The maximum atomic E-state index is 12.4. The number of nitrogens with two attached hydrogens (primary N) is 1. The molecule has 0 saturated carbocycles. The molecular weight excluding hydrogens is 342 g/mol. The molecule has 1 heterocycles. The summed E-state index contributed by atoms with van der Waals surface area (Å²) < 4.78 is 5.44. The fourth-order valence-electron chi connectivity index (χ4n) is 2.87. The molecule has 2 amide bonds. The Balaban J connectivity index is 2.03. The molecule has 0 aliphatic carbocycles. The first kappa shape index (κ1) is 19.7. The van der Waals surface area contributed by atoms with E-state index in [1.165, 1.54) is 0 Å². The number of carbonyl (C=O) groups excluding carboxylic acids is 2. The molecule has 1 saturated heterocycles. The van der Waals surface area contributed by atoms with Gasteiger partial charge < -0.3 is 21.1 Å². The Morgan fingerprint density at radius 3 is 2.40 bits per heavy atom. The molecule has 1 aliphatic rings. The Kier molecular flexibility index (Phi) is 6.81. The van der Waals surface area contributed by atoms with Crippen LogP contribution in [-0.4, -0.2) is 37.6 Å². The van der Waals surface area contributed by atoms with E-state index in [2.05, 4.69) is 10.6 Å². The van der Waals surface area contributed by atoms with E-state index in [-0.39, 0.29) is 24.3 Å².